The summed E-state index contributed by atoms with van der Waals surface area (Å²) in [5, 5.41) is 10.5. The van der Waals surface area contributed by atoms with E-state index >= 15 is 0 Å². The van der Waals surface area contributed by atoms with E-state index in [0.29, 0.717) is 0 Å². The van der Waals surface area contributed by atoms with E-state index in [1.165, 1.54) is 18.5 Å². The van der Waals surface area contributed by atoms with Crippen LogP contribution in [0.25, 0.3) is 0 Å². The van der Waals surface area contributed by atoms with Gasteiger partial charge in [0.05, 0.1) is 6.07 Å². The van der Waals surface area contributed by atoms with Crippen molar-refractivity contribution < 1.29 is 9.18 Å². The Morgan fingerprint density at radius 1 is 1.64 bits per heavy atom. The molecule has 0 aromatic carbocycles. The molecule has 4 heteroatoms. The van der Waals surface area contributed by atoms with Gasteiger partial charge in [-0.1, -0.05) is 0 Å². The van der Waals surface area contributed by atoms with Crippen LogP contribution in [-0.2, 0) is 4.79 Å². The molecule has 0 aromatic rings. The molecule has 3 nitrogen and oxygen atoms in total. The molecule has 0 fully saturated rings. The maximum atomic E-state index is 11.5. The molecule has 58 valence electrons. The quantitative estimate of drug-likeness (QED) is 0.478. The van der Waals surface area contributed by atoms with Crippen molar-refractivity contribution in [3.8, 4) is 6.07 Å². The first-order valence-electron chi connectivity index (χ1n) is 2.87. The van der Waals surface area contributed by atoms with Gasteiger partial charge >= 0.3 is 0 Å². The monoisotopic (exact) mass is 154 g/mol. The maximum absolute atomic E-state index is 11.5. The number of allylic oxidation sites excluding steroid dienone is 2. The lowest BCUT2D eigenvalue weighted by Crippen LogP contribution is -1.98. The summed E-state index contributed by atoms with van der Waals surface area (Å²) in [5.41, 5.74) is 0. The fourth-order valence-electron chi connectivity index (χ4n) is 0.327. The number of alkyl halides is 1. The topological polar surface area (TPSA) is 52.9 Å². The second-order valence-electron chi connectivity index (χ2n) is 1.56. The Kier molecular flexibility index (Phi) is 5.53. The first kappa shape index (κ1) is 9.37. The highest BCUT2D eigenvalue weighted by atomic mass is 19.1. The van der Waals surface area contributed by atoms with E-state index in [9.17, 15) is 9.18 Å². The molecule has 0 amide bonds. The number of halogens is 1. The number of hydrogen-bond acceptors (Lipinski definition) is 3. The fraction of sp³-hybridized carbons (Fsp3) is 0.143. The molecule has 0 aliphatic rings. The SMILES string of the molecule is N#CC=CNC=CC(=O)CF. The standard InChI is InChI=1S/C7H7FN2O/c8-6-7(11)2-5-10-4-1-3-9/h1-2,4-5,10H,6H2. The van der Waals surface area contributed by atoms with Crippen LogP contribution in [0.4, 0.5) is 4.39 Å². The van der Waals surface area contributed by atoms with Crippen molar-refractivity contribution in [3.63, 3.8) is 0 Å². The van der Waals surface area contributed by atoms with Crippen molar-refractivity contribution in [1.82, 2.24) is 5.32 Å². The van der Waals surface area contributed by atoms with Gasteiger partial charge in [-0.05, 0) is 6.08 Å². The lowest BCUT2D eigenvalue weighted by atomic mass is 10.4. The molecule has 0 unspecified atom stereocenters. The second kappa shape index (κ2) is 6.49. The molecule has 11 heavy (non-hydrogen) atoms. The largest absolute Gasteiger partial charge is 0.367 e. The number of carbonyl (C=O) groups is 1. The molecule has 0 rings (SSSR count). The van der Waals surface area contributed by atoms with Crippen LogP contribution in [0.5, 0.6) is 0 Å². The van der Waals surface area contributed by atoms with Crippen LogP contribution >= 0.6 is 0 Å². The highest BCUT2D eigenvalue weighted by molar-refractivity contribution is 5.90. The molecule has 0 atom stereocenters. The minimum Gasteiger partial charge on any atom is -0.367 e. The van der Waals surface area contributed by atoms with Crippen molar-refractivity contribution >= 4 is 5.78 Å². The third-order valence-electron chi connectivity index (χ3n) is 0.751. The van der Waals surface area contributed by atoms with Crippen molar-refractivity contribution in [2.75, 3.05) is 6.67 Å². The van der Waals surface area contributed by atoms with Crippen LogP contribution in [0.1, 0.15) is 0 Å². The van der Waals surface area contributed by atoms with E-state index in [1.54, 1.807) is 6.07 Å². The molecule has 0 aliphatic carbocycles. The smallest absolute Gasteiger partial charge is 0.188 e. The summed E-state index contributed by atoms with van der Waals surface area (Å²) < 4.78 is 11.5. The van der Waals surface area contributed by atoms with Gasteiger partial charge < -0.3 is 5.32 Å². The Morgan fingerprint density at radius 2 is 2.36 bits per heavy atom. The van der Waals surface area contributed by atoms with E-state index in [4.69, 9.17) is 5.26 Å². The van der Waals surface area contributed by atoms with Crippen LogP contribution in [-0.4, -0.2) is 12.5 Å². The van der Waals surface area contributed by atoms with Crippen LogP contribution in [0.15, 0.2) is 24.6 Å². The number of nitrogens with one attached hydrogen (secondary N) is 1. The zero-order valence-electron chi connectivity index (χ0n) is 5.75. The minimum atomic E-state index is -1.000. The van der Waals surface area contributed by atoms with E-state index in [2.05, 4.69) is 5.32 Å². The Hall–Kier alpha value is -1.63. The van der Waals surface area contributed by atoms with Gasteiger partial charge in [0.15, 0.2) is 12.5 Å². The van der Waals surface area contributed by atoms with Crippen LogP contribution in [0.2, 0.25) is 0 Å². The van der Waals surface area contributed by atoms with Crippen molar-refractivity contribution in [2.24, 2.45) is 0 Å². The third kappa shape index (κ3) is 6.25. The summed E-state index contributed by atoms with van der Waals surface area (Å²) in [5.74, 6) is -0.608. The second-order valence-corrected chi connectivity index (χ2v) is 1.56. The van der Waals surface area contributed by atoms with Gasteiger partial charge in [0, 0.05) is 18.5 Å². The number of ketones is 1. The van der Waals surface area contributed by atoms with Crippen molar-refractivity contribution in [2.45, 2.75) is 0 Å². The van der Waals surface area contributed by atoms with E-state index in [-0.39, 0.29) is 0 Å². The van der Waals surface area contributed by atoms with Crippen LogP contribution in [0, 0.1) is 11.3 Å². The summed E-state index contributed by atoms with van der Waals surface area (Å²) in [6.45, 7) is -1.000. The molecule has 0 spiro atoms. The van der Waals surface area contributed by atoms with E-state index < -0.39 is 12.5 Å². The highest BCUT2D eigenvalue weighted by Crippen LogP contribution is 1.76. The van der Waals surface area contributed by atoms with Gasteiger partial charge in [-0.15, -0.1) is 0 Å². The third-order valence-corrected chi connectivity index (χ3v) is 0.751. The first-order chi connectivity index (χ1) is 5.31. The Bertz CT molecular complexity index is 215. The normalized spacial score (nSPS) is 10.2. The van der Waals surface area contributed by atoms with E-state index in [1.807, 2.05) is 0 Å². The zero-order valence-corrected chi connectivity index (χ0v) is 5.75. The minimum absolute atomic E-state index is 0.608. The maximum Gasteiger partial charge on any atom is 0.188 e. The average Bonchev–Trinajstić information content (AvgIpc) is 2.04. The number of nitrogens with zero attached hydrogens (tertiary/aromatic N) is 1. The lowest BCUT2D eigenvalue weighted by Gasteiger charge is -1.85. The van der Waals surface area contributed by atoms with E-state index in [0.717, 1.165) is 6.08 Å². The predicted octanol–water partition coefficient (Wildman–Crippen LogP) is 0.666. The molecule has 0 saturated carbocycles. The summed E-state index contributed by atoms with van der Waals surface area (Å²) >= 11 is 0. The Labute approximate surface area is 63.8 Å². The summed E-state index contributed by atoms with van der Waals surface area (Å²) in [4.78, 5) is 10.3. The molecule has 0 aliphatic heterocycles. The molecule has 0 radical (unpaired) electrons. The summed E-state index contributed by atoms with van der Waals surface area (Å²) in [6, 6.07) is 1.73. The molecule has 0 aromatic heterocycles. The van der Waals surface area contributed by atoms with Gasteiger partial charge in [-0.2, -0.15) is 5.26 Å². The number of carbonyl (C=O) groups excluding carboxylic acids is 1. The molecule has 0 heterocycles. The van der Waals surface area contributed by atoms with Gasteiger partial charge in [0.2, 0.25) is 0 Å². The molecular formula is C7H7FN2O. The lowest BCUT2D eigenvalue weighted by molar-refractivity contribution is -0.115. The van der Waals surface area contributed by atoms with Crippen molar-refractivity contribution in [1.29, 1.82) is 5.26 Å². The summed E-state index contributed by atoms with van der Waals surface area (Å²) in [7, 11) is 0. The van der Waals surface area contributed by atoms with Gasteiger partial charge in [0.1, 0.15) is 0 Å². The van der Waals surface area contributed by atoms with Crippen molar-refractivity contribution in [3.05, 3.63) is 24.6 Å². The highest BCUT2D eigenvalue weighted by Gasteiger charge is 1.89. The fourth-order valence-corrected chi connectivity index (χ4v) is 0.327. The van der Waals surface area contributed by atoms with Gasteiger partial charge in [-0.3, -0.25) is 4.79 Å². The summed E-state index contributed by atoms with van der Waals surface area (Å²) in [6.07, 6.45) is 4.85. The van der Waals surface area contributed by atoms with Gasteiger partial charge in [0.25, 0.3) is 0 Å². The zero-order chi connectivity index (χ0) is 8.53. The first-order valence-corrected chi connectivity index (χ1v) is 2.87. The number of nitriles is 1. The van der Waals surface area contributed by atoms with Crippen LogP contribution < -0.4 is 5.32 Å². The molecule has 1 N–H and O–H groups in total. The molecular weight excluding hydrogens is 147 g/mol. The molecule has 0 saturated heterocycles. The Balaban J connectivity index is 3.54. The number of rotatable bonds is 4. The Morgan fingerprint density at radius 3 is 2.91 bits per heavy atom. The molecule has 0 bridgehead atoms. The number of hydrogen-bond donors (Lipinski definition) is 1. The van der Waals surface area contributed by atoms with Crippen LogP contribution in [0.3, 0.4) is 0 Å². The van der Waals surface area contributed by atoms with Gasteiger partial charge in [-0.25, -0.2) is 4.39 Å². The average molecular weight is 154 g/mol. The predicted molar refractivity (Wildman–Crippen MR) is 38.0 cm³/mol.